The molecule has 4 heteroatoms. The lowest BCUT2D eigenvalue weighted by atomic mass is 10.1. The molecule has 1 rings (SSSR count). The quantitative estimate of drug-likeness (QED) is 0.727. The summed E-state index contributed by atoms with van der Waals surface area (Å²) >= 11 is 0. The molecule has 20 heavy (non-hydrogen) atoms. The van der Waals surface area contributed by atoms with Crippen LogP contribution in [-0.2, 0) is 22.7 Å². The van der Waals surface area contributed by atoms with Gasteiger partial charge in [0.1, 0.15) is 0 Å². The van der Waals surface area contributed by atoms with Crippen molar-refractivity contribution in [1.29, 1.82) is 0 Å². The highest BCUT2D eigenvalue weighted by atomic mass is 16.5. The lowest BCUT2D eigenvalue weighted by Gasteiger charge is -2.09. The molecule has 0 heterocycles. The Bertz CT molecular complexity index is 405. The van der Waals surface area contributed by atoms with Crippen molar-refractivity contribution in [3.05, 3.63) is 35.4 Å². The summed E-state index contributed by atoms with van der Waals surface area (Å²) in [5.74, 6) is 0.672. The van der Waals surface area contributed by atoms with Crippen LogP contribution >= 0.6 is 0 Å². The maximum atomic E-state index is 11.6. The number of carbonyl (C=O) groups is 1. The molecule has 0 unspecified atom stereocenters. The fourth-order valence-corrected chi connectivity index (χ4v) is 1.88. The Hall–Kier alpha value is -1.39. The molecule has 0 atom stereocenters. The van der Waals surface area contributed by atoms with Crippen LogP contribution in [0.15, 0.2) is 24.3 Å². The minimum Gasteiger partial charge on any atom is -0.380 e. The van der Waals surface area contributed by atoms with Crippen molar-refractivity contribution in [3.63, 3.8) is 0 Å². The van der Waals surface area contributed by atoms with Gasteiger partial charge in [0.25, 0.3) is 0 Å². The van der Waals surface area contributed by atoms with Gasteiger partial charge in [-0.3, -0.25) is 4.79 Å². The molecule has 0 bridgehead atoms. The van der Waals surface area contributed by atoms with E-state index in [1.54, 1.807) is 7.11 Å². The Kier molecular flexibility index (Phi) is 7.92. The number of carbonyl (C=O) groups excluding carboxylic acids is 1. The van der Waals surface area contributed by atoms with E-state index in [0.29, 0.717) is 25.6 Å². The van der Waals surface area contributed by atoms with Gasteiger partial charge in [0.2, 0.25) is 5.91 Å². The van der Waals surface area contributed by atoms with Gasteiger partial charge in [-0.25, -0.2) is 0 Å². The van der Waals surface area contributed by atoms with Crippen molar-refractivity contribution < 1.29 is 9.53 Å². The van der Waals surface area contributed by atoms with Crippen LogP contribution in [-0.4, -0.2) is 26.1 Å². The molecule has 0 spiro atoms. The van der Waals surface area contributed by atoms with Crippen LogP contribution in [0.3, 0.4) is 0 Å². The minimum atomic E-state index is 0.0543. The first kappa shape index (κ1) is 16.7. The van der Waals surface area contributed by atoms with Gasteiger partial charge >= 0.3 is 0 Å². The zero-order chi connectivity index (χ0) is 14.8. The van der Waals surface area contributed by atoms with Gasteiger partial charge in [0.15, 0.2) is 0 Å². The molecule has 0 radical (unpaired) electrons. The molecule has 2 N–H and O–H groups in total. The minimum absolute atomic E-state index is 0.0543. The fourth-order valence-electron chi connectivity index (χ4n) is 1.88. The Morgan fingerprint density at radius 2 is 2.05 bits per heavy atom. The first-order valence-corrected chi connectivity index (χ1v) is 7.16. The lowest BCUT2D eigenvalue weighted by molar-refractivity contribution is -0.120. The van der Waals surface area contributed by atoms with Crippen molar-refractivity contribution in [2.75, 3.05) is 20.2 Å². The third-order valence-electron chi connectivity index (χ3n) is 2.96. The maximum absolute atomic E-state index is 11.6. The van der Waals surface area contributed by atoms with Gasteiger partial charge in [-0.1, -0.05) is 38.1 Å². The molecule has 0 saturated carbocycles. The summed E-state index contributed by atoms with van der Waals surface area (Å²) in [6.07, 6.45) is 1.02. The molecule has 0 aromatic heterocycles. The average Bonchev–Trinajstić information content (AvgIpc) is 2.39. The highest BCUT2D eigenvalue weighted by Crippen LogP contribution is 2.06. The molecule has 112 valence electrons. The lowest BCUT2D eigenvalue weighted by Crippen LogP contribution is -2.34. The van der Waals surface area contributed by atoms with Gasteiger partial charge in [-0.2, -0.15) is 0 Å². The van der Waals surface area contributed by atoms with Crippen LogP contribution in [0.4, 0.5) is 0 Å². The van der Waals surface area contributed by atoms with Crippen molar-refractivity contribution in [2.24, 2.45) is 5.92 Å². The van der Waals surface area contributed by atoms with Gasteiger partial charge in [-0.05, 0) is 23.5 Å². The molecule has 0 saturated heterocycles. The van der Waals surface area contributed by atoms with E-state index in [1.165, 1.54) is 0 Å². The Morgan fingerprint density at radius 3 is 2.75 bits per heavy atom. The molecule has 0 fully saturated rings. The van der Waals surface area contributed by atoms with Crippen LogP contribution in [0.2, 0.25) is 0 Å². The van der Waals surface area contributed by atoms with E-state index in [-0.39, 0.29) is 5.91 Å². The van der Waals surface area contributed by atoms with E-state index in [9.17, 15) is 4.79 Å². The Labute approximate surface area is 121 Å². The summed E-state index contributed by atoms with van der Waals surface area (Å²) < 4.78 is 5.10. The fraction of sp³-hybridized carbons (Fsp3) is 0.562. The standard InChI is InChI=1S/C16H26N2O2/c1-13(2)7-8-18-16(19)11-17-10-14-5-4-6-15(9-14)12-20-3/h4-6,9,13,17H,7-8,10-12H2,1-3H3,(H,18,19). The van der Waals surface area contributed by atoms with Crippen LogP contribution in [0.25, 0.3) is 0 Å². The highest BCUT2D eigenvalue weighted by molar-refractivity contribution is 5.77. The van der Waals surface area contributed by atoms with E-state index in [0.717, 1.165) is 24.1 Å². The molecule has 0 aliphatic heterocycles. The van der Waals surface area contributed by atoms with Gasteiger partial charge < -0.3 is 15.4 Å². The highest BCUT2D eigenvalue weighted by Gasteiger charge is 2.02. The first-order valence-electron chi connectivity index (χ1n) is 7.16. The SMILES string of the molecule is COCc1cccc(CNCC(=O)NCCC(C)C)c1. The molecule has 1 amide bonds. The van der Waals surface area contributed by atoms with E-state index in [4.69, 9.17) is 4.74 Å². The monoisotopic (exact) mass is 278 g/mol. The summed E-state index contributed by atoms with van der Waals surface area (Å²) in [6, 6.07) is 8.18. The number of nitrogens with one attached hydrogen (secondary N) is 2. The van der Waals surface area contributed by atoms with Gasteiger partial charge in [-0.15, -0.1) is 0 Å². The normalized spacial score (nSPS) is 10.8. The number of hydrogen-bond donors (Lipinski definition) is 2. The average molecular weight is 278 g/mol. The van der Waals surface area contributed by atoms with E-state index >= 15 is 0 Å². The molecule has 1 aromatic carbocycles. The summed E-state index contributed by atoms with van der Waals surface area (Å²) in [7, 11) is 1.69. The van der Waals surface area contributed by atoms with E-state index in [1.807, 2.05) is 18.2 Å². The molecule has 4 nitrogen and oxygen atoms in total. The van der Waals surface area contributed by atoms with Crippen molar-refractivity contribution >= 4 is 5.91 Å². The second kappa shape index (κ2) is 9.50. The number of hydrogen-bond acceptors (Lipinski definition) is 3. The third kappa shape index (κ3) is 7.26. The van der Waals surface area contributed by atoms with Crippen LogP contribution in [0.5, 0.6) is 0 Å². The molecule has 0 aliphatic rings. The van der Waals surface area contributed by atoms with Crippen LogP contribution < -0.4 is 10.6 Å². The Morgan fingerprint density at radius 1 is 1.30 bits per heavy atom. The maximum Gasteiger partial charge on any atom is 0.233 e. The van der Waals surface area contributed by atoms with Crippen molar-refractivity contribution in [1.82, 2.24) is 10.6 Å². The summed E-state index contributed by atoms with van der Waals surface area (Å²) in [4.78, 5) is 11.6. The zero-order valence-corrected chi connectivity index (χ0v) is 12.7. The summed E-state index contributed by atoms with van der Waals surface area (Å²) in [5, 5.41) is 6.07. The summed E-state index contributed by atoms with van der Waals surface area (Å²) in [5.41, 5.74) is 2.31. The number of benzene rings is 1. The number of methoxy groups -OCH3 is 1. The number of ether oxygens (including phenoxy) is 1. The van der Waals surface area contributed by atoms with Crippen molar-refractivity contribution in [3.8, 4) is 0 Å². The van der Waals surface area contributed by atoms with E-state index in [2.05, 4.69) is 30.5 Å². The number of rotatable bonds is 9. The van der Waals surface area contributed by atoms with Gasteiger partial charge in [0.05, 0.1) is 13.2 Å². The van der Waals surface area contributed by atoms with Crippen LogP contribution in [0.1, 0.15) is 31.4 Å². The van der Waals surface area contributed by atoms with Crippen molar-refractivity contribution in [2.45, 2.75) is 33.4 Å². The second-order valence-electron chi connectivity index (χ2n) is 5.39. The molecule has 1 aromatic rings. The largest absolute Gasteiger partial charge is 0.380 e. The first-order chi connectivity index (χ1) is 9.61. The van der Waals surface area contributed by atoms with E-state index < -0.39 is 0 Å². The molecular formula is C16H26N2O2. The van der Waals surface area contributed by atoms with Crippen LogP contribution in [0, 0.1) is 5.92 Å². The second-order valence-corrected chi connectivity index (χ2v) is 5.39. The smallest absolute Gasteiger partial charge is 0.233 e. The third-order valence-corrected chi connectivity index (χ3v) is 2.96. The molecular weight excluding hydrogens is 252 g/mol. The Balaban J connectivity index is 2.23. The molecule has 0 aliphatic carbocycles. The van der Waals surface area contributed by atoms with Gasteiger partial charge in [0, 0.05) is 20.2 Å². The zero-order valence-electron chi connectivity index (χ0n) is 12.7. The predicted molar refractivity (Wildman–Crippen MR) is 81.3 cm³/mol. The summed E-state index contributed by atoms with van der Waals surface area (Å²) in [6.45, 7) is 6.71. The predicted octanol–water partition coefficient (Wildman–Crippen LogP) is 2.08. The number of amides is 1. The topological polar surface area (TPSA) is 50.4 Å².